The fraction of sp³-hybridized carbons (Fsp3) is 0.323. The van der Waals surface area contributed by atoms with Crippen LogP contribution in [-0.4, -0.2) is 42.1 Å². The van der Waals surface area contributed by atoms with Crippen molar-refractivity contribution in [3.05, 3.63) is 87.4 Å². The van der Waals surface area contributed by atoms with Crippen LogP contribution in [0.1, 0.15) is 54.6 Å². The monoisotopic (exact) mass is 595 g/mol. The maximum atomic E-state index is 14.2. The van der Waals surface area contributed by atoms with Gasteiger partial charge < -0.3 is 25.8 Å². The molecule has 0 radical (unpaired) electrons. The summed E-state index contributed by atoms with van der Waals surface area (Å²) in [7, 11) is 1.40. The molecule has 0 aliphatic carbocycles. The Kier molecular flexibility index (Phi) is 7.53. The molecule has 2 heterocycles. The first-order chi connectivity index (χ1) is 19.3. The van der Waals surface area contributed by atoms with Gasteiger partial charge in [-0.05, 0) is 65.4 Å². The number of carboxylic acids is 1. The van der Waals surface area contributed by atoms with Crippen LogP contribution in [0, 0.1) is 5.41 Å². The third-order valence-corrected chi connectivity index (χ3v) is 8.29. The summed E-state index contributed by atoms with van der Waals surface area (Å²) in [5.74, 6) is -2.18. The van der Waals surface area contributed by atoms with Crippen LogP contribution in [0.25, 0.3) is 0 Å². The van der Waals surface area contributed by atoms with Gasteiger partial charge in [0.2, 0.25) is 11.8 Å². The van der Waals surface area contributed by atoms with Gasteiger partial charge in [-0.2, -0.15) is 0 Å². The Morgan fingerprint density at radius 1 is 1.05 bits per heavy atom. The minimum Gasteiger partial charge on any atom is -0.495 e. The van der Waals surface area contributed by atoms with Gasteiger partial charge in [0.15, 0.2) is 0 Å². The van der Waals surface area contributed by atoms with Crippen LogP contribution in [0.15, 0.2) is 60.7 Å². The zero-order valence-electron chi connectivity index (χ0n) is 23.0. The molecule has 2 aliphatic heterocycles. The number of amides is 2. The lowest BCUT2D eigenvalue weighted by atomic mass is 9.62. The number of aromatic carboxylic acids is 1. The van der Waals surface area contributed by atoms with E-state index in [0.29, 0.717) is 27.8 Å². The van der Waals surface area contributed by atoms with E-state index in [0.717, 1.165) is 11.1 Å². The number of fused-ring (bicyclic) bond motifs is 2. The van der Waals surface area contributed by atoms with Crippen LogP contribution in [0.2, 0.25) is 10.0 Å². The zero-order chi connectivity index (χ0) is 29.7. The van der Waals surface area contributed by atoms with Crippen LogP contribution in [0.5, 0.6) is 5.75 Å². The zero-order valence-corrected chi connectivity index (χ0v) is 24.6. The first-order valence-corrected chi connectivity index (χ1v) is 14.0. The van der Waals surface area contributed by atoms with Gasteiger partial charge in [-0.25, -0.2) is 4.79 Å². The molecule has 1 fully saturated rings. The van der Waals surface area contributed by atoms with Crippen molar-refractivity contribution in [2.24, 2.45) is 5.41 Å². The average molecular weight is 597 g/mol. The van der Waals surface area contributed by atoms with E-state index >= 15 is 0 Å². The summed E-state index contributed by atoms with van der Waals surface area (Å²) in [6.07, 6.45) is 0.583. The number of anilines is 2. The van der Waals surface area contributed by atoms with E-state index in [1.54, 1.807) is 30.3 Å². The van der Waals surface area contributed by atoms with E-state index in [1.807, 2.05) is 12.1 Å². The fourth-order valence-corrected chi connectivity index (χ4v) is 6.63. The van der Waals surface area contributed by atoms with E-state index in [9.17, 15) is 19.5 Å². The normalized spacial score (nSPS) is 23.3. The molecule has 2 aliphatic rings. The maximum Gasteiger partial charge on any atom is 0.335 e. The fourth-order valence-electron chi connectivity index (χ4n) is 6.26. The molecule has 3 aromatic carbocycles. The lowest BCUT2D eigenvalue weighted by molar-refractivity contribution is -0.122. The summed E-state index contributed by atoms with van der Waals surface area (Å²) in [6.45, 7) is 6.28. The number of carbonyl (C=O) groups is 3. The Morgan fingerprint density at radius 3 is 2.44 bits per heavy atom. The number of rotatable bonds is 6. The summed E-state index contributed by atoms with van der Waals surface area (Å²) in [5.41, 5.74) is 1.09. The number of methoxy groups -OCH3 is 1. The quantitative estimate of drug-likeness (QED) is 0.274. The first-order valence-electron chi connectivity index (χ1n) is 13.2. The maximum absolute atomic E-state index is 14.2. The van der Waals surface area contributed by atoms with Gasteiger partial charge in [-0.15, -0.1) is 0 Å². The topological polar surface area (TPSA) is 117 Å². The molecule has 0 saturated carbocycles. The van der Waals surface area contributed by atoms with Gasteiger partial charge in [0, 0.05) is 27.7 Å². The summed E-state index contributed by atoms with van der Waals surface area (Å²) in [6, 6.07) is 15.5. The van der Waals surface area contributed by atoms with Crippen molar-refractivity contribution in [1.29, 1.82) is 0 Å². The molecule has 4 atom stereocenters. The number of hydrogen-bond donors (Lipinski definition) is 4. The molecular weight excluding hydrogens is 565 g/mol. The van der Waals surface area contributed by atoms with Crippen molar-refractivity contribution in [2.45, 2.75) is 50.6 Å². The van der Waals surface area contributed by atoms with Crippen LogP contribution < -0.4 is 20.7 Å². The van der Waals surface area contributed by atoms with Gasteiger partial charge in [-0.3, -0.25) is 9.59 Å². The Labute approximate surface area is 248 Å². The molecule has 0 bridgehead atoms. The molecular formula is C31H31Cl2N3O5. The minimum atomic E-state index is -1.16. The third-order valence-electron chi connectivity index (χ3n) is 7.82. The Morgan fingerprint density at radius 2 is 1.78 bits per heavy atom. The van der Waals surface area contributed by atoms with Crippen LogP contribution in [0.3, 0.4) is 0 Å². The summed E-state index contributed by atoms with van der Waals surface area (Å²) < 4.78 is 5.39. The standard InChI is InChI=1S/C31H31Cl2N3O5/c1-30(2,3)15-24-31(20-10-9-19(33)14-22(20)35-29(31)40)25(16-6-5-7-18(32)12-16)26(36-24)27(37)34-21-11-8-17(28(38)39)13-23(21)41-4/h5-14,24-26,36H,15H2,1-4H3,(H,34,37)(H,35,40)(H,38,39)/t24-,25-,26+,31?/m0/s1. The smallest absolute Gasteiger partial charge is 0.335 e. The number of nitrogens with one attached hydrogen (secondary N) is 3. The molecule has 41 heavy (non-hydrogen) atoms. The lowest BCUT2D eigenvalue weighted by Gasteiger charge is -2.37. The predicted molar refractivity (Wildman–Crippen MR) is 159 cm³/mol. The van der Waals surface area contributed by atoms with Crippen LogP contribution >= 0.6 is 23.2 Å². The van der Waals surface area contributed by atoms with Crippen LogP contribution in [0.4, 0.5) is 11.4 Å². The molecule has 2 amide bonds. The molecule has 214 valence electrons. The lowest BCUT2D eigenvalue weighted by Crippen LogP contribution is -2.49. The second-order valence-electron chi connectivity index (χ2n) is 11.7. The molecule has 1 saturated heterocycles. The van der Waals surface area contributed by atoms with E-state index < -0.39 is 35.3 Å². The number of halogens is 2. The number of ether oxygens (including phenoxy) is 1. The Balaban J connectivity index is 1.67. The first kappa shape index (κ1) is 28.9. The highest BCUT2D eigenvalue weighted by Crippen LogP contribution is 2.56. The minimum absolute atomic E-state index is 0.0257. The van der Waals surface area contributed by atoms with Crippen molar-refractivity contribution in [2.75, 3.05) is 17.7 Å². The van der Waals surface area contributed by atoms with E-state index in [2.05, 4.69) is 36.7 Å². The van der Waals surface area contributed by atoms with Gasteiger partial charge in [0.05, 0.1) is 24.4 Å². The molecule has 10 heteroatoms. The van der Waals surface area contributed by atoms with Gasteiger partial charge in [0.1, 0.15) is 11.2 Å². The van der Waals surface area contributed by atoms with Crippen molar-refractivity contribution in [3.8, 4) is 5.75 Å². The Bertz CT molecular complexity index is 1550. The predicted octanol–water partition coefficient (Wildman–Crippen LogP) is 6.09. The average Bonchev–Trinajstić information content (AvgIpc) is 3.37. The summed E-state index contributed by atoms with van der Waals surface area (Å²) in [5, 5.41) is 19.9. The van der Waals surface area contributed by atoms with Crippen molar-refractivity contribution < 1.29 is 24.2 Å². The molecule has 0 aromatic heterocycles. The molecule has 1 unspecified atom stereocenters. The van der Waals surface area contributed by atoms with Crippen molar-refractivity contribution in [3.63, 3.8) is 0 Å². The second kappa shape index (κ2) is 10.7. The van der Waals surface area contributed by atoms with Crippen LogP contribution in [-0.2, 0) is 15.0 Å². The highest BCUT2D eigenvalue weighted by atomic mass is 35.5. The second-order valence-corrected chi connectivity index (χ2v) is 12.6. The van der Waals surface area contributed by atoms with Gasteiger partial charge in [-0.1, -0.05) is 62.2 Å². The third kappa shape index (κ3) is 5.16. The molecule has 8 nitrogen and oxygen atoms in total. The van der Waals surface area contributed by atoms with Gasteiger partial charge in [0.25, 0.3) is 0 Å². The Hall–Kier alpha value is -3.59. The highest BCUT2D eigenvalue weighted by molar-refractivity contribution is 6.31. The van der Waals surface area contributed by atoms with E-state index in [1.165, 1.54) is 25.3 Å². The summed E-state index contributed by atoms with van der Waals surface area (Å²) in [4.78, 5) is 39.9. The van der Waals surface area contributed by atoms with E-state index in [-0.39, 0.29) is 22.6 Å². The summed E-state index contributed by atoms with van der Waals surface area (Å²) >= 11 is 12.8. The SMILES string of the molecule is COc1cc(C(=O)O)ccc1NC(=O)[C@@H]1N[C@@H](CC(C)(C)C)C2(C(=O)Nc3cc(Cl)ccc32)[C@H]1c1cccc(Cl)c1. The van der Waals surface area contributed by atoms with Gasteiger partial charge >= 0.3 is 5.97 Å². The number of benzene rings is 3. The highest BCUT2D eigenvalue weighted by Gasteiger charge is 2.65. The molecule has 5 rings (SSSR count). The molecule has 1 spiro atoms. The molecule has 3 aromatic rings. The molecule has 4 N–H and O–H groups in total. The van der Waals surface area contributed by atoms with E-state index in [4.69, 9.17) is 27.9 Å². The largest absolute Gasteiger partial charge is 0.495 e. The van der Waals surface area contributed by atoms with Crippen molar-refractivity contribution in [1.82, 2.24) is 5.32 Å². The number of carbonyl (C=O) groups excluding carboxylic acids is 2. The van der Waals surface area contributed by atoms with Crippen molar-refractivity contribution >= 4 is 52.4 Å². The number of hydrogen-bond acceptors (Lipinski definition) is 5. The number of carboxylic acid groups (broad SMARTS) is 1.